The average Bonchev–Trinajstić information content (AvgIpc) is 2.68. The third-order valence-corrected chi connectivity index (χ3v) is 7.38. The molecule has 0 saturated carbocycles. The van der Waals surface area contributed by atoms with E-state index >= 15 is 0 Å². The minimum Gasteiger partial charge on any atom is -0.504 e. The van der Waals surface area contributed by atoms with Crippen LogP contribution in [0.4, 0.5) is 20.6 Å². The molecular weight excluding hydrogens is 494 g/mol. The van der Waals surface area contributed by atoms with Crippen LogP contribution in [0, 0.1) is 5.82 Å². The number of nitrogens with one attached hydrogen (secondary N) is 2. The van der Waals surface area contributed by atoms with Gasteiger partial charge in [-0.05, 0) is 31.3 Å². The summed E-state index contributed by atoms with van der Waals surface area (Å²) in [6.45, 7) is 1.55. The quantitative estimate of drug-likeness (QED) is 0.539. The second-order valence-electron chi connectivity index (χ2n) is 6.66. The molecule has 13 heteroatoms. The van der Waals surface area contributed by atoms with Crippen LogP contribution in [0.5, 0.6) is 5.75 Å². The molecule has 1 saturated heterocycles. The number of likely N-dealkylation sites (N-methyl/N-ethyl adjacent to an activating group) is 1. The number of nitrogens with zero attached hydrogens (tertiary/aromatic N) is 2. The minimum absolute atomic E-state index is 0. The van der Waals surface area contributed by atoms with E-state index < -0.39 is 32.5 Å². The molecule has 31 heavy (non-hydrogen) atoms. The molecule has 170 valence electrons. The molecule has 3 N–H and O–H groups in total. The minimum atomic E-state index is -4.09. The highest BCUT2D eigenvalue weighted by molar-refractivity contribution is 7.89. The number of aromatic hydroxyl groups is 1. The van der Waals surface area contributed by atoms with Gasteiger partial charge in [0.25, 0.3) is 0 Å². The van der Waals surface area contributed by atoms with E-state index in [9.17, 15) is 22.7 Å². The van der Waals surface area contributed by atoms with E-state index in [0.29, 0.717) is 13.1 Å². The SMILES string of the molecule is CN1CCN(S(=O)(=O)c2c(Cl)ccc(NC(=O)Nc3cccc(F)c3Cl)c2O)CC1.Cl. The molecule has 8 nitrogen and oxygen atoms in total. The zero-order valence-corrected chi connectivity index (χ0v) is 19.4. The molecule has 1 fully saturated rings. The van der Waals surface area contributed by atoms with Crippen LogP contribution in [0.1, 0.15) is 0 Å². The Hall–Kier alpha value is -1.82. The first-order valence-corrected chi connectivity index (χ1v) is 11.0. The summed E-state index contributed by atoms with van der Waals surface area (Å²) in [7, 11) is -2.22. The summed E-state index contributed by atoms with van der Waals surface area (Å²) in [5.41, 5.74) is -0.176. The van der Waals surface area contributed by atoms with Gasteiger partial charge in [-0.25, -0.2) is 17.6 Å². The molecule has 0 aliphatic carbocycles. The van der Waals surface area contributed by atoms with E-state index in [2.05, 4.69) is 10.6 Å². The van der Waals surface area contributed by atoms with Crippen molar-refractivity contribution >= 4 is 63.0 Å². The van der Waals surface area contributed by atoms with Gasteiger partial charge in [-0.2, -0.15) is 4.31 Å². The van der Waals surface area contributed by atoms with Gasteiger partial charge in [-0.3, -0.25) is 0 Å². The number of rotatable bonds is 4. The topological polar surface area (TPSA) is 102 Å². The second-order valence-corrected chi connectivity index (χ2v) is 9.32. The average molecular weight is 514 g/mol. The number of carbonyl (C=O) groups is 1. The van der Waals surface area contributed by atoms with E-state index in [0.717, 1.165) is 6.07 Å². The molecule has 0 aromatic heterocycles. The first-order valence-electron chi connectivity index (χ1n) is 8.83. The predicted octanol–water partition coefficient (Wildman–Crippen LogP) is 3.84. The molecule has 1 aliphatic rings. The highest BCUT2D eigenvalue weighted by atomic mass is 35.5. The molecule has 0 unspecified atom stereocenters. The number of amides is 2. The molecule has 2 aromatic carbocycles. The Bertz CT molecular complexity index is 1080. The van der Waals surface area contributed by atoms with Crippen LogP contribution in [0.3, 0.4) is 0 Å². The van der Waals surface area contributed by atoms with Crippen LogP contribution < -0.4 is 10.6 Å². The normalized spacial score (nSPS) is 15.2. The van der Waals surface area contributed by atoms with E-state index in [4.69, 9.17) is 23.2 Å². The number of hydrogen-bond acceptors (Lipinski definition) is 5. The third kappa shape index (κ3) is 5.51. The van der Waals surface area contributed by atoms with Crippen molar-refractivity contribution in [1.29, 1.82) is 0 Å². The highest BCUT2D eigenvalue weighted by Gasteiger charge is 2.33. The second kappa shape index (κ2) is 10.2. The lowest BCUT2D eigenvalue weighted by Gasteiger charge is -2.32. The van der Waals surface area contributed by atoms with Gasteiger partial charge < -0.3 is 20.6 Å². The van der Waals surface area contributed by atoms with Crippen molar-refractivity contribution in [2.24, 2.45) is 0 Å². The molecule has 2 amide bonds. The Morgan fingerprint density at radius 3 is 2.32 bits per heavy atom. The monoisotopic (exact) mass is 512 g/mol. The van der Waals surface area contributed by atoms with Crippen LogP contribution in [-0.2, 0) is 10.0 Å². The first-order chi connectivity index (χ1) is 14.1. The highest BCUT2D eigenvalue weighted by Crippen LogP contribution is 2.38. The molecule has 0 radical (unpaired) electrons. The summed E-state index contributed by atoms with van der Waals surface area (Å²) in [5.74, 6) is -1.41. The van der Waals surface area contributed by atoms with Crippen molar-refractivity contribution in [3.05, 3.63) is 46.2 Å². The Morgan fingerprint density at radius 2 is 1.68 bits per heavy atom. The molecule has 3 rings (SSSR count). The number of anilines is 2. The van der Waals surface area contributed by atoms with Crippen LogP contribution in [0.2, 0.25) is 10.0 Å². The predicted molar refractivity (Wildman–Crippen MR) is 121 cm³/mol. The molecule has 1 heterocycles. The number of sulfonamides is 1. The number of carbonyl (C=O) groups excluding carboxylic acids is 1. The van der Waals surface area contributed by atoms with Crippen molar-refractivity contribution in [2.75, 3.05) is 43.9 Å². The number of benzene rings is 2. The molecule has 2 aromatic rings. The Balaban J connectivity index is 0.00000341. The fourth-order valence-electron chi connectivity index (χ4n) is 2.93. The summed E-state index contributed by atoms with van der Waals surface area (Å²) >= 11 is 11.9. The summed E-state index contributed by atoms with van der Waals surface area (Å²) in [5, 5.41) is 14.8. The van der Waals surface area contributed by atoms with Gasteiger partial charge in [0, 0.05) is 26.2 Å². The van der Waals surface area contributed by atoms with E-state index in [-0.39, 0.29) is 46.9 Å². The lowest BCUT2D eigenvalue weighted by Crippen LogP contribution is -2.47. The summed E-state index contributed by atoms with van der Waals surface area (Å²) in [4.78, 5) is 13.8. The largest absolute Gasteiger partial charge is 0.504 e. The maximum Gasteiger partial charge on any atom is 0.323 e. The number of phenols is 1. The number of hydrogen-bond donors (Lipinski definition) is 3. The van der Waals surface area contributed by atoms with E-state index in [1.54, 1.807) is 0 Å². The fourth-order valence-corrected chi connectivity index (χ4v) is 5.12. The summed E-state index contributed by atoms with van der Waals surface area (Å²) in [6.07, 6.45) is 0. The van der Waals surface area contributed by atoms with Gasteiger partial charge in [0.1, 0.15) is 10.7 Å². The lowest BCUT2D eigenvalue weighted by atomic mass is 10.3. The van der Waals surface area contributed by atoms with Gasteiger partial charge >= 0.3 is 6.03 Å². The zero-order chi connectivity index (χ0) is 22.1. The smallest absolute Gasteiger partial charge is 0.323 e. The maximum atomic E-state index is 13.5. The number of phenolic OH excluding ortho intramolecular Hbond substituents is 1. The number of halogens is 4. The molecule has 0 atom stereocenters. The van der Waals surface area contributed by atoms with Crippen LogP contribution >= 0.6 is 35.6 Å². The third-order valence-electron chi connectivity index (χ3n) is 4.59. The Labute approximate surface area is 195 Å². The van der Waals surface area contributed by atoms with Crippen LogP contribution in [-0.4, -0.2) is 62.0 Å². The van der Waals surface area contributed by atoms with Gasteiger partial charge in [0.2, 0.25) is 10.0 Å². The summed E-state index contributed by atoms with van der Waals surface area (Å²) < 4.78 is 40.8. The standard InChI is InChI=1S/C18H19Cl2FN4O4S.ClH/c1-24-7-9-25(10-8-24)30(28,29)17-11(19)5-6-14(16(17)26)23-18(27)22-13-4-2-3-12(21)15(13)20;/h2-6,26H,7-10H2,1H3,(H2,22,23,27);1H. The number of urea groups is 1. The van der Waals surface area contributed by atoms with Gasteiger partial charge in [-0.15, -0.1) is 12.4 Å². The molecule has 1 aliphatic heterocycles. The van der Waals surface area contributed by atoms with E-state index in [1.807, 2.05) is 11.9 Å². The first kappa shape index (κ1) is 25.4. The molecular formula is C18H20Cl3FN4O4S. The summed E-state index contributed by atoms with van der Waals surface area (Å²) in [6, 6.07) is 5.53. The van der Waals surface area contributed by atoms with Gasteiger partial charge in [0.05, 0.1) is 21.4 Å². The van der Waals surface area contributed by atoms with Gasteiger partial charge in [0.15, 0.2) is 5.75 Å². The number of piperazine rings is 1. The molecule has 0 spiro atoms. The van der Waals surface area contributed by atoms with Crippen molar-refractivity contribution < 1.29 is 22.7 Å². The van der Waals surface area contributed by atoms with Crippen molar-refractivity contribution in [3.8, 4) is 5.75 Å². The Morgan fingerprint density at radius 1 is 1.06 bits per heavy atom. The maximum absolute atomic E-state index is 13.5. The Kier molecular flexibility index (Phi) is 8.37. The molecule has 0 bridgehead atoms. The van der Waals surface area contributed by atoms with Crippen molar-refractivity contribution in [2.45, 2.75) is 4.90 Å². The van der Waals surface area contributed by atoms with Gasteiger partial charge in [-0.1, -0.05) is 29.3 Å². The fraction of sp³-hybridized carbons (Fsp3) is 0.278. The van der Waals surface area contributed by atoms with Crippen molar-refractivity contribution in [3.63, 3.8) is 0 Å². The van der Waals surface area contributed by atoms with E-state index in [1.165, 1.54) is 28.6 Å². The van der Waals surface area contributed by atoms with Crippen molar-refractivity contribution in [1.82, 2.24) is 9.21 Å². The lowest BCUT2D eigenvalue weighted by molar-refractivity contribution is 0.222. The van der Waals surface area contributed by atoms with Crippen LogP contribution in [0.15, 0.2) is 35.2 Å². The zero-order valence-electron chi connectivity index (χ0n) is 16.2. The van der Waals surface area contributed by atoms with Crippen LogP contribution in [0.25, 0.3) is 0 Å².